The van der Waals surface area contributed by atoms with Crippen LogP contribution in [0.5, 0.6) is 0 Å². The first-order valence-corrected chi connectivity index (χ1v) is 8.53. The van der Waals surface area contributed by atoms with E-state index in [9.17, 15) is 23.1 Å². The van der Waals surface area contributed by atoms with Crippen LogP contribution in [-0.2, 0) is 19.1 Å². The van der Waals surface area contributed by atoms with Gasteiger partial charge in [0.25, 0.3) is 0 Å². The summed E-state index contributed by atoms with van der Waals surface area (Å²) >= 11 is 0. The summed E-state index contributed by atoms with van der Waals surface area (Å²) in [5.41, 5.74) is 1.13. The molecule has 9 heteroatoms. The average molecular weight is 388 g/mol. The summed E-state index contributed by atoms with van der Waals surface area (Å²) in [6.45, 7) is 0.996. The molecule has 3 aromatic rings. The summed E-state index contributed by atoms with van der Waals surface area (Å²) in [6.07, 6.45) is -3.80. The number of benzene rings is 2. The smallest absolute Gasteiger partial charge is 0.416 e. The van der Waals surface area contributed by atoms with Crippen LogP contribution in [0.3, 0.4) is 0 Å². The number of hydrogen-bond donors (Lipinski definition) is 1. The molecule has 0 atom stereocenters. The quantitative estimate of drug-likeness (QED) is 0.743. The predicted molar refractivity (Wildman–Crippen MR) is 94.5 cm³/mol. The van der Waals surface area contributed by atoms with E-state index in [0.29, 0.717) is 19.5 Å². The van der Waals surface area contributed by atoms with Crippen molar-refractivity contribution in [3.05, 3.63) is 70.9 Å². The molecule has 2 aromatic carbocycles. The molecule has 0 fully saturated rings. The number of hydrogen-bond acceptors (Lipinski definition) is 4. The molecule has 1 N–H and O–H groups in total. The molecule has 0 amide bonds. The normalized spacial score (nSPS) is 14.0. The monoisotopic (exact) mass is 388 g/mol. The largest absolute Gasteiger partial charge is 0.476 e. The number of alkyl halides is 3. The Labute approximate surface area is 157 Å². The Morgan fingerprint density at radius 1 is 1.04 bits per heavy atom. The third-order valence-corrected chi connectivity index (χ3v) is 4.63. The lowest BCUT2D eigenvalue weighted by Crippen LogP contribution is -2.31. The molecule has 0 unspecified atom stereocenters. The van der Waals surface area contributed by atoms with Crippen LogP contribution in [0.1, 0.15) is 27.2 Å². The van der Waals surface area contributed by atoms with Crippen molar-refractivity contribution in [2.24, 2.45) is 0 Å². The molecule has 1 aliphatic rings. The van der Waals surface area contributed by atoms with E-state index >= 15 is 0 Å². The minimum atomic E-state index is -4.52. The fourth-order valence-corrected chi connectivity index (χ4v) is 3.25. The number of anilines is 1. The second-order valence-electron chi connectivity index (χ2n) is 6.46. The first-order valence-electron chi connectivity index (χ1n) is 8.53. The lowest BCUT2D eigenvalue weighted by molar-refractivity contribution is -0.137. The van der Waals surface area contributed by atoms with Crippen LogP contribution in [0.15, 0.2) is 48.5 Å². The van der Waals surface area contributed by atoms with E-state index in [-0.39, 0.29) is 17.2 Å². The van der Waals surface area contributed by atoms with E-state index in [1.54, 1.807) is 4.90 Å². The number of nitrogens with zero attached hydrogens (tertiary/aromatic N) is 4. The molecular formula is C19H15F3N4O2. The Hall–Kier alpha value is -3.36. The second kappa shape index (κ2) is 6.66. The minimum Gasteiger partial charge on any atom is -0.476 e. The van der Waals surface area contributed by atoms with Gasteiger partial charge in [0.2, 0.25) is 5.69 Å². The summed E-state index contributed by atoms with van der Waals surface area (Å²) in [7, 11) is 0. The van der Waals surface area contributed by atoms with Gasteiger partial charge in [-0.25, -0.2) is 4.79 Å². The molecule has 1 aromatic heterocycles. The van der Waals surface area contributed by atoms with E-state index in [0.717, 1.165) is 22.5 Å². The van der Waals surface area contributed by atoms with Crippen LogP contribution < -0.4 is 4.90 Å². The minimum absolute atomic E-state index is 0.0426. The first-order chi connectivity index (χ1) is 13.3. The third kappa shape index (κ3) is 3.30. The number of halogens is 3. The molecular weight excluding hydrogens is 373 g/mol. The van der Waals surface area contributed by atoms with Crippen LogP contribution in [-0.4, -0.2) is 32.6 Å². The molecule has 6 nitrogen and oxygen atoms in total. The highest BCUT2D eigenvalue weighted by Gasteiger charge is 2.31. The lowest BCUT2D eigenvalue weighted by atomic mass is 10.00. The number of rotatable bonds is 3. The van der Waals surface area contributed by atoms with Crippen LogP contribution in [0.25, 0.3) is 5.69 Å². The molecule has 2 heterocycles. The number of fused-ring (bicyclic) bond motifs is 1. The van der Waals surface area contributed by atoms with Crippen LogP contribution in [0, 0.1) is 0 Å². The molecule has 4 rings (SSSR count). The van der Waals surface area contributed by atoms with Crippen molar-refractivity contribution >= 4 is 11.8 Å². The standard InChI is InChI=1S/C19H15F3N4O2/c20-19(21,22)14-6-3-7-15(10-14)26-23-16(18(27)28)17(24-26)25-9-8-12-4-1-2-5-13(12)11-25/h1-7,10H,8-9,11H2,(H,27,28). The van der Waals surface area contributed by atoms with Crippen LogP contribution >= 0.6 is 0 Å². The van der Waals surface area contributed by atoms with Crippen molar-refractivity contribution in [2.45, 2.75) is 19.1 Å². The average Bonchev–Trinajstić information content (AvgIpc) is 3.13. The van der Waals surface area contributed by atoms with Gasteiger partial charge in [-0.15, -0.1) is 15.0 Å². The van der Waals surface area contributed by atoms with Gasteiger partial charge in [0.1, 0.15) is 0 Å². The lowest BCUT2D eigenvalue weighted by Gasteiger charge is -2.28. The molecule has 0 spiro atoms. The van der Waals surface area contributed by atoms with Crippen molar-refractivity contribution in [1.29, 1.82) is 0 Å². The maximum atomic E-state index is 13.0. The number of carboxylic acids is 1. The summed E-state index contributed by atoms with van der Waals surface area (Å²) in [5.74, 6) is -1.15. The zero-order valence-electron chi connectivity index (χ0n) is 14.5. The fourth-order valence-electron chi connectivity index (χ4n) is 3.25. The van der Waals surface area contributed by atoms with E-state index < -0.39 is 17.7 Å². The Morgan fingerprint density at radius 3 is 2.50 bits per heavy atom. The van der Waals surface area contributed by atoms with Crippen molar-refractivity contribution in [3.8, 4) is 5.69 Å². The van der Waals surface area contributed by atoms with E-state index in [2.05, 4.69) is 10.2 Å². The number of carbonyl (C=O) groups is 1. The van der Waals surface area contributed by atoms with Gasteiger partial charge in [-0.1, -0.05) is 30.3 Å². The molecule has 144 valence electrons. The predicted octanol–water partition coefficient (Wildman–Crippen LogP) is 3.55. The van der Waals surface area contributed by atoms with Gasteiger partial charge in [-0.05, 0) is 35.7 Å². The van der Waals surface area contributed by atoms with Gasteiger partial charge in [0.15, 0.2) is 5.82 Å². The molecule has 0 radical (unpaired) electrons. The Bertz CT molecular complexity index is 1050. The van der Waals surface area contributed by atoms with Gasteiger partial charge < -0.3 is 10.0 Å². The number of carboxylic acid groups (broad SMARTS) is 1. The molecule has 0 saturated carbocycles. The Kier molecular flexibility index (Phi) is 4.29. The summed E-state index contributed by atoms with van der Waals surface area (Å²) < 4.78 is 38.9. The SMILES string of the molecule is O=C(O)c1nn(-c2cccc(C(F)(F)F)c2)nc1N1CCc2ccccc2C1. The van der Waals surface area contributed by atoms with E-state index in [1.807, 2.05) is 24.3 Å². The Morgan fingerprint density at radius 2 is 1.79 bits per heavy atom. The van der Waals surface area contributed by atoms with Crippen molar-refractivity contribution in [1.82, 2.24) is 15.0 Å². The van der Waals surface area contributed by atoms with Crippen molar-refractivity contribution < 1.29 is 23.1 Å². The Balaban J connectivity index is 1.73. The van der Waals surface area contributed by atoms with E-state index in [4.69, 9.17) is 0 Å². The van der Waals surface area contributed by atoms with Crippen molar-refractivity contribution in [2.75, 3.05) is 11.4 Å². The van der Waals surface area contributed by atoms with Gasteiger partial charge in [-0.2, -0.15) is 13.2 Å². The maximum Gasteiger partial charge on any atom is 0.416 e. The first kappa shape index (κ1) is 18.0. The highest BCUT2D eigenvalue weighted by Crippen LogP contribution is 2.31. The van der Waals surface area contributed by atoms with Crippen LogP contribution in [0.4, 0.5) is 19.0 Å². The highest BCUT2D eigenvalue weighted by molar-refractivity contribution is 5.91. The number of aromatic nitrogens is 3. The summed E-state index contributed by atoms with van der Waals surface area (Å²) in [6, 6.07) is 12.3. The van der Waals surface area contributed by atoms with Crippen molar-refractivity contribution in [3.63, 3.8) is 0 Å². The van der Waals surface area contributed by atoms with Gasteiger partial charge >= 0.3 is 12.1 Å². The number of aromatic carboxylic acids is 1. The molecule has 1 aliphatic heterocycles. The van der Waals surface area contributed by atoms with Gasteiger partial charge in [-0.3, -0.25) is 0 Å². The second-order valence-corrected chi connectivity index (χ2v) is 6.46. The fraction of sp³-hybridized carbons (Fsp3) is 0.211. The van der Waals surface area contributed by atoms with Gasteiger partial charge in [0.05, 0.1) is 11.3 Å². The zero-order chi connectivity index (χ0) is 19.9. The van der Waals surface area contributed by atoms with Gasteiger partial charge in [0, 0.05) is 13.1 Å². The highest BCUT2D eigenvalue weighted by atomic mass is 19.4. The van der Waals surface area contributed by atoms with E-state index in [1.165, 1.54) is 17.7 Å². The summed E-state index contributed by atoms with van der Waals surface area (Å²) in [5, 5.41) is 17.6. The maximum absolute atomic E-state index is 13.0. The zero-order valence-corrected chi connectivity index (χ0v) is 14.5. The molecule has 28 heavy (non-hydrogen) atoms. The molecule has 0 saturated heterocycles. The molecule has 0 aliphatic carbocycles. The van der Waals surface area contributed by atoms with Crippen LogP contribution in [0.2, 0.25) is 0 Å². The summed E-state index contributed by atoms with van der Waals surface area (Å²) in [4.78, 5) is 14.4. The molecule has 0 bridgehead atoms. The third-order valence-electron chi connectivity index (χ3n) is 4.63. The topological polar surface area (TPSA) is 71.2 Å².